The van der Waals surface area contributed by atoms with Crippen molar-refractivity contribution >= 4 is 22.7 Å². The molecule has 6 heteroatoms. The van der Waals surface area contributed by atoms with Gasteiger partial charge in [0.1, 0.15) is 11.2 Å². The Labute approximate surface area is 126 Å². The van der Waals surface area contributed by atoms with Gasteiger partial charge in [-0.3, -0.25) is 9.78 Å². The predicted molar refractivity (Wildman–Crippen MR) is 80.7 cm³/mol. The Kier molecular flexibility index (Phi) is 2.89. The molecule has 110 valence electrons. The summed E-state index contributed by atoms with van der Waals surface area (Å²) in [7, 11) is 0. The van der Waals surface area contributed by atoms with Crippen molar-refractivity contribution in [2.75, 3.05) is 5.32 Å². The van der Waals surface area contributed by atoms with Gasteiger partial charge in [0.25, 0.3) is 5.91 Å². The molecular formula is C16H14N4O2. The molecule has 0 unspecified atom stereocenters. The van der Waals surface area contributed by atoms with E-state index in [1.165, 1.54) is 6.20 Å². The molecule has 0 radical (unpaired) electrons. The molecule has 0 spiro atoms. The number of nitrogens with zero attached hydrogens (tertiary/aromatic N) is 3. The second-order valence-corrected chi connectivity index (χ2v) is 5.51. The molecule has 1 aromatic carbocycles. The number of carbonyl (C=O) groups excluding carboxylic acids is 1. The van der Waals surface area contributed by atoms with E-state index in [-0.39, 0.29) is 11.6 Å². The fourth-order valence-corrected chi connectivity index (χ4v) is 2.23. The van der Waals surface area contributed by atoms with E-state index < -0.39 is 0 Å². The highest BCUT2D eigenvalue weighted by atomic mass is 16.3. The van der Waals surface area contributed by atoms with Crippen LogP contribution in [0, 0.1) is 6.92 Å². The van der Waals surface area contributed by atoms with E-state index in [0.717, 1.165) is 35.5 Å². The Bertz CT molecular complexity index is 850. The summed E-state index contributed by atoms with van der Waals surface area (Å²) in [4.78, 5) is 24.7. The van der Waals surface area contributed by atoms with E-state index in [4.69, 9.17) is 4.42 Å². The number of aromatic nitrogens is 3. The Balaban J connectivity index is 1.58. The zero-order valence-corrected chi connectivity index (χ0v) is 12.0. The minimum atomic E-state index is -0.294. The molecule has 1 aliphatic carbocycles. The summed E-state index contributed by atoms with van der Waals surface area (Å²) in [5.41, 5.74) is 3.22. The van der Waals surface area contributed by atoms with Crippen molar-refractivity contribution in [3.63, 3.8) is 0 Å². The highest BCUT2D eigenvalue weighted by molar-refractivity contribution is 6.03. The van der Waals surface area contributed by atoms with Gasteiger partial charge in [0.15, 0.2) is 11.5 Å². The molecule has 1 aliphatic rings. The van der Waals surface area contributed by atoms with Gasteiger partial charge in [0.2, 0.25) is 0 Å². The number of benzene rings is 1. The first-order chi connectivity index (χ1) is 10.7. The Morgan fingerprint density at radius 2 is 2.14 bits per heavy atom. The molecule has 1 N–H and O–H groups in total. The van der Waals surface area contributed by atoms with Crippen LogP contribution in [0.1, 0.15) is 40.8 Å². The highest BCUT2D eigenvalue weighted by Gasteiger charge is 2.28. The van der Waals surface area contributed by atoms with E-state index in [9.17, 15) is 4.79 Å². The van der Waals surface area contributed by atoms with Gasteiger partial charge in [-0.1, -0.05) is 0 Å². The van der Waals surface area contributed by atoms with Gasteiger partial charge >= 0.3 is 0 Å². The zero-order valence-electron chi connectivity index (χ0n) is 12.0. The number of hydrogen-bond donors (Lipinski definition) is 1. The second-order valence-electron chi connectivity index (χ2n) is 5.51. The van der Waals surface area contributed by atoms with Gasteiger partial charge in [-0.15, -0.1) is 0 Å². The third kappa shape index (κ3) is 2.43. The van der Waals surface area contributed by atoms with Crippen LogP contribution in [0.5, 0.6) is 0 Å². The molecule has 0 aliphatic heterocycles. The van der Waals surface area contributed by atoms with E-state index in [1.807, 2.05) is 19.1 Å². The molecule has 2 heterocycles. The van der Waals surface area contributed by atoms with Crippen LogP contribution in [0.15, 0.2) is 35.0 Å². The maximum absolute atomic E-state index is 12.1. The SMILES string of the molecule is Cc1cnc(C(=O)Nc2ccc3oc(C4CC4)nc3c2)cn1. The molecule has 2 aromatic heterocycles. The minimum Gasteiger partial charge on any atom is -0.440 e. The van der Waals surface area contributed by atoms with Crippen LogP contribution in [0.4, 0.5) is 5.69 Å². The maximum Gasteiger partial charge on any atom is 0.275 e. The first kappa shape index (κ1) is 12.9. The maximum atomic E-state index is 12.1. The van der Waals surface area contributed by atoms with Gasteiger partial charge in [0, 0.05) is 17.8 Å². The van der Waals surface area contributed by atoms with Crippen molar-refractivity contribution in [2.24, 2.45) is 0 Å². The molecule has 0 bridgehead atoms. The van der Waals surface area contributed by atoms with Crippen LogP contribution >= 0.6 is 0 Å². The molecule has 4 rings (SSSR count). The van der Waals surface area contributed by atoms with Crippen LogP contribution in [-0.2, 0) is 0 Å². The molecular weight excluding hydrogens is 280 g/mol. The van der Waals surface area contributed by atoms with E-state index in [1.54, 1.807) is 12.3 Å². The third-order valence-electron chi connectivity index (χ3n) is 3.60. The number of aryl methyl sites for hydroxylation is 1. The molecule has 0 atom stereocenters. The van der Waals surface area contributed by atoms with Crippen molar-refractivity contribution in [3.05, 3.63) is 47.9 Å². The average molecular weight is 294 g/mol. The topological polar surface area (TPSA) is 80.9 Å². The van der Waals surface area contributed by atoms with Crippen molar-refractivity contribution < 1.29 is 9.21 Å². The molecule has 3 aromatic rings. The lowest BCUT2D eigenvalue weighted by Crippen LogP contribution is -2.14. The second kappa shape index (κ2) is 4.91. The number of oxazole rings is 1. The number of amides is 1. The van der Waals surface area contributed by atoms with Crippen LogP contribution < -0.4 is 5.32 Å². The van der Waals surface area contributed by atoms with E-state index >= 15 is 0 Å². The van der Waals surface area contributed by atoms with Gasteiger partial charge in [-0.2, -0.15) is 0 Å². The number of carbonyl (C=O) groups is 1. The number of nitrogens with one attached hydrogen (secondary N) is 1. The molecule has 6 nitrogen and oxygen atoms in total. The summed E-state index contributed by atoms with van der Waals surface area (Å²) in [6.07, 6.45) is 5.31. The quantitative estimate of drug-likeness (QED) is 0.803. The van der Waals surface area contributed by atoms with Crippen molar-refractivity contribution in [2.45, 2.75) is 25.7 Å². The lowest BCUT2D eigenvalue weighted by atomic mass is 10.2. The lowest BCUT2D eigenvalue weighted by Gasteiger charge is -2.04. The van der Waals surface area contributed by atoms with Crippen molar-refractivity contribution in [1.29, 1.82) is 0 Å². The van der Waals surface area contributed by atoms with Gasteiger partial charge in [-0.25, -0.2) is 9.97 Å². The molecule has 22 heavy (non-hydrogen) atoms. The summed E-state index contributed by atoms with van der Waals surface area (Å²) in [5.74, 6) is 0.967. The van der Waals surface area contributed by atoms with Gasteiger partial charge in [0.05, 0.1) is 11.9 Å². The average Bonchev–Trinajstić information content (AvgIpc) is 3.28. The first-order valence-electron chi connectivity index (χ1n) is 7.19. The standard InChI is InChI=1S/C16H14N4O2/c1-9-7-18-13(8-17-9)15(21)19-11-4-5-14-12(6-11)20-16(22-14)10-2-3-10/h4-8,10H,2-3H2,1H3,(H,19,21). The number of anilines is 1. The highest BCUT2D eigenvalue weighted by Crippen LogP contribution is 2.40. The van der Waals surface area contributed by atoms with Crippen LogP contribution in [0.2, 0.25) is 0 Å². The largest absolute Gasteiger partial charge is 0.440 e. The minimum absolute atomic E-state index is 0.282. The number of hydrogen-bond acceptors (Lipinski definition) is 5. The summed E-state index contributed by atoms with van der Waals surface area (Å²) in [5, 5.41) is 2.80. The normalized spacial score (nSPS) is 14.2. The predicted octanol–water partition coefficient (Wildman–Crippen LogP) is 3.06. The Hall–Kier alpha value is -2.76. The molecule has 1 amide bonds. The summed E-state index contributed by atoms with van der Waals surface area (Å²) < 4.78 is 5.70. The summed E-state index contributed by atoms with van der Waals surface area (Å²) >= 11 is 0. The summed E-state index contributed by atoms with van der Waals surface area (Å²) in [6, 6.07) is 5.43. The van der Waals surface area contributed by atoms with Crippen molar-refractivity contribution in [3.8, 4) is 0 Å². The smallest absolute Gasteiger partial charge is 0.275 e. The third-order valence-corrected chi connectivity index (χ3v) is 3.60. The number of fused-ring (bicyclic) bond motifs is 1. The van der Waals surface area contributed by atoms with E-state index in [2.05, 4.69) is 20.3 Å². The lowest BCUT2D eigenvalue weighted by molar-refractivity contribution is 0.102. The molecule has 1 fully saturated rings. The zero-order chi connectivity index (χ0) is 15.1. The fraction of sp³-hybridized carbons (Fsp3) is 0.250. The monoisotopic (exact) mass is 294 g/mol. The van der Waals surface area contributed by atoms with Crippen LogP contribution in [-0.4, -0.2) is 20.9 Å². The van der Waals surface area contributed by atoms with Gasteiger partial charge in [-0.05, 0) is 38.0 Å². The fourth-order valence-electron chi connectivity index (χ4n) is 2.23. The first-order valence-corrected chi connectivity index (χ1v) is 7.19. The van der Waals surface area contributed by atoms with Crippen molar-refractivity contribution in [1.82, 2.24) is 15.0 Å². The van der Waals surface area contributed by atoms with E-state index in [0.29, 0.717) is 11.6 Å². The van der Waals surface area contributed by atoms with Crippen LogP contribution in [0.3, 0.4) is 0 Å². The summed E-state index contributed by atoms with van der Waals surface area (Å²) in [6.45, 7) is 1.82. The van der Waals surface area contributed by atoms with Crippen LogP contribution in [0.25, 0.3) is 11.1 Å². The Morgan fingerprint density at radius 1 is 1.27 bits per heavy atom. The Morgan fingerprint density at radius 3 is 2.86 bits per heavy atom. The van der Waals surface area contributed by atoms with Gasteiger partial charge < -0.3 is 9.73 Å². The number of rotatable bonds is 3. The molecule has 0 saturated heterocycles. The molecule has 1 saturated carbocycles.